The van der Waals surface area contributed by atoms with Crippen LogP contribution in [-0.4, -0.2) is 48.4 Å². The molecule has 0 aromatic rings. The van der Waals surface area contributed by atoms with E-state index < -0.39 is 0 Å². The maximum atomic E-state index is 12.0. The summed E-state index contributed by atoms with van der Waals surface area (Å²) < 4.78 is 0. The van der Waals surface area contributed by atoms with Crippen LogP contribution in [0.15, 0.2) is 0 Å². The van der Waals surface area contributed by atoms with Crippen LogP contribution in [0, 0.1) is 23.7 Å². The van der Waals surface area contributed by atoms with Crippen LogP contribution in [0.4, 0.5) is 0 Å². The van der Waals surface area contributed by atoms with Crippen LogP contribution >= 0.6 is 0 Å². The van der Waals surface area contributed by atoms with E-state index in [1.165, 1.54) is 51.7 Å². The molecule has 2 fully saturated rings. The lowest BCUT2D eigenvalue weighted by molar-refractivity contribution is -0.135. The van der Waals surface area contributed by atoms with Crippen molar-refractivity contribution < 1.29 is 4.79 Å². The zero-order chi connectivity index (χ0) is 16.1. The highest BCUT2D eigenvalue weighted by Crippen LogP contribution is 2.30. The van der Waals surface area contributed by atoms with Crippen LogP contribution in [0.5, 0.6) is 0 Å². The van der Waals surface area contributed by atoms with Gasteiger partial charge >= 0.3 is 0 Å². The number of amides is 1. The van der Waals surface area contributed by atoms with Gasteiger partial charge in [0.25, 0.3) is 0 Å². The van der Waals surface area contributed by atoms with Crippen molar-refractivity contribution >= 4 is 5.91 Å². The molecule has 3 nitrogen and oxygen atoms in total. The Bertz CT molecular complexity index is 337. The molecule has 2 heterocycles. The van der Waals surface area contributed by atoms with E-state index in [4.69, 9.17) is 0 Å². The number of hydrogen-bond donors (Lipinski definition) is 0. The smallest absolute Gasteiger partial charge is 0.225 e. The van der Waals surface area contributed by atoms with E-state index in [-0.39, 0.29) is 5.92 Å². The normalized spacial score (nSPS) is 22.7. The number of piperidine rings is 2. The summed E-state index contributed by atoms with van der Waals surface area (Å²) in [4.78, 5) is 16.8. The number of carbonyl (C=O) groups excluding carboxylic acids is 1. The van der Waals surface area contributed by atoms with Gasteiger partial charge in [0.2, 0.25) is 5.91 Å². The predicted molar refractivity (Wildman–Crippen MR) is 92.8 cm³/mol. The molecule has 0 saturated carbocycles. The summed E-state index contributed by atoms with van der Waals surface area (Å²) in [6.45, 7) is 14.5. The topological polar surface area (TPSA) is 23.6 Å². The maximum absolute atomic E-state index is 12.0. The van der Waals surface area contributed by atoms with Crippen molar-refractivity contribution in [2.24, 2.45) is 23.7 Å². The van der Waals surface area contributed by atoms with E-state index in [0.717, 1.165) is 30.8 Å². The first-order valence-corrected chi connectivity index (χ1v) is 9.46. The third kappa shape index (κ3) is 5.26. The van der Waals surface area contributed by atoms with Gasteiger partial charge in [-0.15, -0.1) is 0 Å². The van der Waals surface area contributed by atoms with Crippen molar-refractivity contribution in [1.29, 1.82) is 0 Å². The molecule has 3 heteroatoms. The average Bonchev–Trinajstić information content (AvgIpc) is 2.49. The second-order valence-electron chi connectivity index (χ2n) is 8.30. The molecule has 1 amide bonds. The molecule has 2 aliphatic rings. The molecule has 0 unspecified atom stereocenters. The van der Waals surface area contributed by atoms with E-state index >= 15 is 0 Å². The Labute approximate surface area is 137 Å². The third-order valence-corrected chi connectivity index (χ3v) is 5.42. The predicted octanol–water partition coefficient (Wildman–Crippen LogP) is 3.64. The average molecular weight is 309 g/mol. The molecule has 2 rings (SSSR count). The molecule has 22 heavy (non-hydrogen) atoms. The Morgan fingerprint density at radius 3 is 1.86 bits per heavy atom. The van der Waals surface area contributed by atoms with Gasteiger partial charge in [-0.25, -0.2) is 0 Å². The molecule has 0 N–H and O–H groups in total. The van der Waals surface area contributed by atoms with Crippen molar-refractivity contribution in [3.8, 4) is 0 Å². The molecular weight excluding hydrogens is 272 g/mol. The molecule has 128 valence electrons. The number of rotatable bonds is 5. The fourth-order valence-electron chi connectivity index (χ4n) is 4.15. The van der Waals surface area contributed by atoms with Gasteiger partial charge in [-0.2, -0.15) is 0 Å². The van der Waals surface area contributed by atoms with Gasteiger partial charge in [0.1, 0.15) is 0 Å². The van der Waals surface area contributed by atoms with Gasteiger partial charge in [0, 0.05) is 25.6 Å². The fourth-order valence-corrected chi connectivity index (χ4v) is 4.15. The van der Waals surface area contributed by atoms with Gasteiger partial charge < -0.3 is 9.80 Å². The van der Waals surface area contributed by atoms with Gasteiger partial charge in [-0.1, -0.05) is 27.7 Å². The number of nitrogens with zero attached hydrogens (tertiary/aromatic N) is 2. The molecule has 0 aromatic carbocycles. The lowest BCUT2D eigenvalue weighted by atomic mass is 9.82. The van der Waals surface area contributed by atoms with Gasteiger partial charge in [0.05, 0.1) is 0 Å². The summed E-state index contributed by atoms with van der Waals surface area (Å²) in [5.74, 6) is 3.08. The Kier molecular flexibility index (Phi) is 6.73. The highest BCUT2D eigenvalue weighted by atomic mass is 16.2. The van der Waals surface area contributed by atoms with E-state index in [9.17, 15) is 4.79 Å². The molecule has 0 bridgehead atoms. The largest absolute Gasteiger partial charge is 0.342 e. The highest BCUT2D eigenvalue weighted by molar-refractivity contribution is 5.78. The van der Waals surface area contributed by atoms with Crippen LogP contribution in [0.25, 0.3) is 0 Å². The van der Waals surface area contributed by atoms with E-state index in [0.29, 0.717) is 5.91 Å². The summed E-state index contributed by atoms with van der Waals surface area (Å²) in [7, 11) is 0. The SMILES string of the molecule is CC(C)CN1CCC(CC2CCN(C(=O)C(C)C)CC2)CC1. The standard InChI is InChI=1S/C19H36N2O/c1-15(2)14-20-9-5-17(6-10-20)13-18-7-11-21(12-8-18)19(22)16(3)4/h15-18H,5-14H2,1-4H3. The van der Waals surface area contributed by atoms with Crippen molar-refractivity contribution in [2.75, 3.05) is 32.7 Å². The van der Waals surface area contributed by atoms with Crippen LogP contribution in [-0.2, 0) is 4.79 Å². The lowest BCUT2D eigenvalue weighted by Crippen LogP contribution is -2.41. The summed E-state index contributed by atoms with van der Waals surface area (Å²) in [6.07, 6.45) is 6.63. The van der Waals surface area contributed by atoms with Gasteiger partial charge in [-0.3, -0.25) is 4.79 Å². The van der Waals surface area contributed by atoms with Crippen LogP contribution < -0.4 is 0 Å². The Balaban J connectivity index is 1.66. The quantitative estimate of drug-likeness (QED) is 0.774. The minimum absolute atomic E-state index is 0.154. The van der Waals surface area contributed by atoms with E-state index in [1.54, 1.807) is 0 Å². The van der Waals surface area contributed by atoms with Crippen molar-refractivity contribution in [2.45, 2.75) is 59.8 Å². The maximum Gasteiger partial charge on any atom is 0.225 e. The first-order chi connectivity index (χ1) is 10.5. The fraction of sp³-hybridized carbons (Fsp3) is 0.947. The highest BCUT2D eigenvalue weighted by Gasteiger charge is 2.27. The number of likely N-dealkylation sites (tertiary alicyclic amines) is 2. The molecule has 0 atom stereocenters. The zero-order valence-electron chi connectivity index (χ0n) is 15.2. The van der Waals surface area contributed by atoms with Crippen LogP contribution in [0.1, 0.15) is 59.8 Å². The lowest BCUT2D eigenvalue weighted by Gasteiger charge is -2.37. The monoisotopic (exact) mass is 308 g/mol. The Hall–Kier alpha value is -0.570. The summed E-state index contributed by atoms with van der Waals surface area (Å²) >= 11 is 0. The molecule has 2 aliphatic heterocycles. The minimum Gasteiger partial charge on any atom is -0.342 e. The molecule has 0 radical (unpaired) electrons. The summed E-state index contributed by atoms with van der Waals surface area (Å²) in [5, 5.41) is 0. The first kappa shape index (κ1) is 17.8. The van der Waals surface area contributed by atoms with Crippen molar-refractivity contribution in [1.82, 2.24) is 9.80 Å². The molecular formula is C19H36N2O. The summed E-state index contributed by atoms with van der Waals surface area (Å²) in [6, 6.07) is 0. The number of carbonyl (C=O) groups is 1. The van der Waals surface area contributed by atoms with Crippen molar-refractivity contribution in [3.63, 3.8) is 0 Å². The Morgan fingerprint density at radius 2 is 1.41 bits per heavy atom. The second kappa shape index (κ2) is 8.33. The van der Waals surface area contributed by atoms with Crippen LogP contribution in [0.3, 0.4) is 0 Å². The molecule has 0 aromatic heterocycles. The molecule has 0 spiro atoms. The second-order valence-corrected chi connectivity index (χ2v) is 8.30. The third-order valence-electron chi connectivity index (χ3n) is 5.42. The first-order valence-electron chi connectivity index (χ1n) is 9.46. The van der Waals surface area contributed by atoms with E-state index in [1.807, 2.05) is 13.8 Å². The van der Waals surface area contributed by atoms with Gasteiger partial charge in [0.15, 0.2) is 0 Å². The number of hydrogen-bond acceptors (Lipinski definition) is 2. The van der Waals surface area contributed by atoms with E-state index in [2.05, 4.69) is 23.6 Å². The Morgan fingerprint density at radius 1 is 0.909 bits per heavy atom. The van der Waals surface area contributed by atoms with Crippen LogP contribution in [0.2, 0.25) is 0 Å². The minimum atomic E-state index is 0.154. The van der Waals surface area contributed by atoms with Gasteiger partial charge in [-0.05, 0) is 62.9 Å². The zero-order valence-corrected chi connectivity index (χ0v) is 15.2. The molecule has 0 aliphatic carbocycles. The summed E-state index contributed by atoms with van der Waals surface area (Å²) in [5.41, 5.74) is 0. The van der Waals surface area contributed by atoms with Crippen molar-refractivity contribution in [3.05, 3.63) is 0 Å². The molecule has 2 saturated heterocycles.